The van der Waals surface area contributed by atoms with E-state index in [0.717, 1.165) is 0 Å². The number of alkyl halides is 2. The molecule has 0 saturated heterocycles. The SMILES string of the molecule is Cc1cnc(C)c(N/C(=N\O)C(F)F)n1. The molecule has 0 aliphatic rings. The van der Waals surface area contributed by atoms with Gasteiger partial charge in [0.2, 0.25) is 5.84 Å². The molecule has 0 atom stereocenters. The minimum atomic E-state index is -2.89. The molecule has 0 saturated carbocycles. The van der Waals surface area contributed by atoms with Crippen molar-refractivity contribution in [3.05, 3.63) is 17.6 Å². The van der Waals surface area contributed by atoms with Gasteiger partial charge >= 0.3 is 0 Å². The van der Waals surface area contributed by atoms with Gasteiger partial charge < -0.3 is 10.5 Å². The number of nitrogens with one attached hydrogen (secondary N) is 1. The van der Waals surface area contributed by atoms with Crippen LogP contribution in [0.1, 0.15) is 11.4 Å². The van der Waals surface area contributed by atoms with Crippen LogP contribution in [0.5, 0.6) is 0 Å². The van der Waals surface area contributed by atoms with E-state index in [4.69, 9.17) is 5.21 Å². The van der Waals surface area contributed by atoms with Crippen LogP contribution in [-0.2, 0) is 0 Å². The summed E-state index contributed by atoms with van der Waals surface area (Å²) in [5.74, 6) is -0.693. The Morgan fingerprint density at radius 1 is 1.53 bits per heavy atom. The summed E-state index contributed by atoms with van der Waals surface area (Å²) in [5.41, 5.74) is 1.03. The monoisotopic (exact) mass is 216 g/mol. The van der Waals surface area contributed by atoms with Crippen molar-refractivity contribution in [2.75, 3.05) is 5.32 Å². The fourth-order valence-electron chi connectivity index (χ4n) is 0.900. The second kappa shape index (κ2) is 4.63. The fraction of sp³-hybridized carbons (Fsp3) is 0.375. The van der Waals surface area contributed by atoms with Crippen LogP contribution >= 0.6 is 0 Å². The third kappa shape index (κ3) is 2.83. The Morgan fingerprint density at radius 2 is 2.20 bits per heavy atom. The van der Waals surface area contributed by atoms with Crippen molar-refractivity contribution in [2.24, 2.45) is 5.16 Å². The molecular weight excluding hydrogens is 206 g/mol. The van der Waals surface area contributed by atoms with Crippen molar-refractivity contribution in [1.82, 2.24) is 9.97 Å². The van der Waals surface area contributed by atoms with Gasteiger partial charge in [-0.05, 0) is 13.8 Å². The molecule has 0 aliphatic heterocycles. The maximum absolute atomic E-state index is 12.2. The summed E-state index contributed by atoms with van der Waals surface area (Å²) in [6.07, 6.45) is -1.38. The van der Waals surface area contributed by atoms with Crippen LogP contribution in [0.25, 0.3) is 0 Å². The Hall–Kier alpha value is -1.79. The molecule has 5 nitrogen and oxygen atoms in total. The zero-order chi connectivity index (χ0) is 11.4. The average Bonchev–Trinajstić information content (AvgIpc) is 2.18. The maximum Gasteiger partial charge on any atom is 0.298 e. The lowest BCUT2D eigenvalue weighted by Crippen LogP contribution is -2.22. The molecule has 1 heterocycles. The van der Waals surface area contributed by atoms with Gasteiger partial charge in [-0.15, -0.1) is 0 Å². The van der Waals surface area contributed by atoms with E-state index >= 15 is 0 Å². The van der Waals surface area contributed by atoms with E-state index in [1.807, 2.05) is 0 Å². The van der Waals surface area contributed by atoms with Crippen LogP contribution in [0, 0.1) is 13.8 Å². The van der Waals surface area contributed by atoms with Gasteiger partial charge in [0, 0.05) is 6.20 Å². The molecule has 0 radical (unpaired) electrons. The van der Waals surface area contributed by atoms with Crippen LogP contribution in [0.15, 0.2) is 11.4 Å². The summed E-state index contributed by atoms with van der Waals surface area (Å²) in [5, 5.41) is 13.0. The molecule has 82 valence electrons. The molecule has 1 rings (SSSR count). The predicted molar refractivity (Wildman–Crippen MR) is 50.4 cm³/mol. The van der Waals surface area contributed by atoms with Gasteiger partial charge in [0.15, 0.2) is 5.82 Å². The first kappa shape index (κ1) is 11.3. The Balaban J connectivity index is 2.93. The van der Waals surface area contributed by atoms with Gasteiger partial charge in [-0.25, -0.2) is 13.8 Å². The molecule has 2 N–H and O–H groups in total. The number of amidine groups is 1. The molecule has 0 aliphatic carbocycles. The van der Waals surface area contributed by atoms with Crippen molar-refractivity contribution in [3.8, 4) is 0 Å². The number of hydrogen-bond donors (Lipinski definition) is 2. The van der Waals surface area contributed by atoms with Gasteiger partial charge in [-0.3, -0.25) is 4.98 Å². The minimum absolute atomic E-state index is 0.156. The average molecular weight is 216 g/mol. The Bertz CT molecular complexity index is 381. The zero-order valence-corrected chi connectivity index (χ0v) is 8.20. The Kier molecular flexibility index (Phi) is 3.48. The molecule has 1 aromatic rings. The highest BCUT2D eigenvalue weighted by molar-refractivity contribution is 5.96. The van der Waals surface area contributed by atoms with Gasteiger partial charge in [-0.1, -0.05) is 5.16 Å². The normalized spacial score (nSPS) is 11.9. The first-order valence-electron chi connectivity index (χ1n) is 4.12. The topological polar surface area (TPSA) is 70.4 Å². The standard InChI is InChI=1S/C8H10F2N4O/c1-4-3-11-5(2)7(12-4)13-8(14-15)6(9)10/h3,6,15H,1-2H3,(H,12,13,14). The molecular formula is C8H10F2N4O. The second-order valence-electron chi connectivity index (χ2n) is 2.86. The summed E-state index contributed by atoms with van der Waals surface area (Å²) >= 11 is 0. The van der Waals surface area contributed by atoms with Crippen LogP contribution in [0.3, 0.4) is 0 Å². The number of oxime groups is 1. The molecule has 0 aromatic carbocycles. The van der Waals surface area contributed by atoms with Crippen LogP contribution in [-0.4, -0.2) is 27.4 Å². The molecule has 0 amide bonds. The molecule has 0 unspecified atom stereocenters. The van der Waals surface area contributed by atoms with Crippen molar-refractivity contribution in [3.63, 3.8) is 0 Å². The number of aryl methyl sites for hydroxylation is 2. The summed E-state index contributed by atoms with van der Waals surface area (Å²) in [7, 11) is 0. The number of hydrogen-bond acceptors (Lipinski definition) is 4. The van der Waals surface area contributed by atoms with Gasteiger partial charge in [0.1, 0.15) is 0 Å². The first-order valence-corrected chi connectivity index (χ1v) is 4.12. The van der Waals surface area contributed by atoms with Crippen molar-refractivity contribution >= 4 is 11.7 Å². The lowest BCUT2D eigenvalue weighted by atomic mass is 10.4. The summed E-state index contributed by atoms with van der Waals surface area (Å²) < 4.78 is 24.4. The van der Waals surface area contributed by atoms with Crippen LogP contribution in [0.4, 0.5) is 14.6 Å². The third-order valence-electron chi connectivity index (χ3n) is 1.64. The number of rotatable bonds is 2. The molecule has 15 heavy (non-hydrogen) atoms. The molecule has 0 spiro atoms. The van der Waals surface area contributed by atoms with E-state index in [2.05, 4.69) is 20.4 Å². The Morgan fingerprint density at radius 3 is 2.73 bits per heavy atom. The number of aromatic nitrogens is 2. The molecule has 0 fully saturated rings. The molecule has 0 bridgehead atoms. The Labute approximate surface area is 84.9 Å². The van der Waals surface area contributed by atoms with Gasteiger partial charge in [0.05, 0.1) is 11.4 Å². The van der Waals surface area contributed by atoms with Crippen LogP contribution < -0.4 is 5.32 Å². The molecule has 7 heteroatoms. The van der Waals surface area contributed by atoms with Crippen LogP contribution in [0.2, 0.25) is 0 Å². The quantitative estimate of drug-likeness (QED) is 0.340. The predicted octanol–water partition coefficient (Wildman–Crippen LogP) is 1.56. The summed E-state index contributed by atoms with van der Waals surface area (Å²) in [4.78, 5) is 7.86. The van der Waals surface area contributed by atoms with E-state index in [-0.39, 0.29) is 5.82 Å². The maximum atomic E-state index is 12.2. The smallest absolute Gasteiger partial charge is 0.298 e. The van der Waals surface area contributed by atoms with E-state index < -0.39 is 12.3 Å². The highest BCUT2D eigenvalue weighted by atomic mass is 19.3. The third-order valence-corrected chi connectivity index (χ3v) is 1.64. The van der Waals surface area contributed by atoms with E-state index in [1.165, 1.54) is 6.20 Å². The highest BCUT2D eigenvalue weighted by Crippen LogP contribution is 2.10. The number of nitrogens with zero attached hydrogens (tertiary/aromatic N) is 3. The lowest BCUT2D eigenvalue weighted by molar-refractivity contribution is 0.214. The van der Waals surface area contributed by atoms with Crippen molar-refractivity contribution in [2.45, 2.75) is 20.3 Å². The lowest BCUT2D eigenvalue weighted by Gasteiger charge is -2.08. The number of halogens is 2. The largest absolute Gasteiger partial charge is 0.409 e. The first-order chi connectivity index (χ1) is 7.04. The van der Waals surface area contributed by atoms with E-state index in [0.29, 0.717) is 11.4 Å². The highest BCUT2D eigenvalue weighted by Gasteiger charge is 2.15. The minimum Gasteiger partial charge on any atom is -0.409 e. The van der Waals surface area contributed by atoms with E-state index in [9.17, 15) is 8.78 Å². The summed E-state index contributed by atoms with van der Waals surface area (Å²) in [6.45, 7) is 3.28. The van der Waals surface area contributed by atoms with Crippen molar-refractivity contribution < 1.29 is 14.0 Å². The zero-order valence-electron chi connectivity index (χ0n) is 8.20. The van der Waals surface area contributed by atoms with Gasteiger partial charge in [-0.2, -0.15) is 0 Å². The van der Waals surface area contributed by atoms with Crippen molar-refractivity contribution in [1.29, 1.82) is 0 Å². The van der Waals surface area contributed by atoms with Gasteiger partial charge in [0.25, 0.3) is 6.43 Å². The fourth-order valence-corrected chi connectivity index (χ4v) is 0.900. The van der Waals surface area contributed by atoms with E-state index in [1.54, 1.807) is 13.8 Å². The summed E-state index contributed by atoms with van der Waals surface area (Å²) in [6, 6.07) is 0. The molecule has 1 aromatic heterocycles. The second-order valence-corrected chi connectivity index (χ2v) is 2.86. The number of anilines is 1.